The van der Waals surface area contributed by atoms with Gasteiger partial charge in [0.2, 0.25) is 5.91 Å². The molecular weight excluding hydrogens is 462 g/mol. The Morgan fingerprint density at radius 2 is 1.77 bits per heavy atom. The fraction of sp³-hybridized carbons (Fsp3) is 0.308. The lowest BCUT2D eigenvalue weighted by Crippen LogP contribution is -2.41. The fourth-order valence-electron chi connectivity index (χ4n) is 3.85. The van der Waals surface area contributed by atoms with Gasteiger partial charge in [0.25, 0.3) is 5.91 Å². The summed E-state index contributed by atoms with van der Waals surface area (Å²) in [6.45, 7) is 7.12. The molecule has 0 unspecified atom stereocenters. The summed E-state index contributed by atoms with van der Waals surface area (Å²) in [5.74, 6) is 0.793. The number of hydrogen-bond acceptors (Lipinski definition) is 7. The monoisotopic (exact) mass is 491 g/mol. The molecule has 2 N–H and O–H groups in total. The molecule has 0 aliphatic carbocycles. The van der Waals surface area contributed by atoms with Crippen molar-refractivity contribution < 1.29 is 14.3 Å². The van der Waals surface area contributed by atoms with Crippen molar-refractivity contribution in [1.29, 1.82) is 0 Å². The summed E-state index contributed by atoms with van der Waals surface area (Å²) in [5.41, 5.74) is 4.43. The number of anilines is 2. The predicted molar refractivity (Wildman–Crippen MR) is 138 cm³/mol. The van der Waals surface area contributed by atoms with Gasteiger partial charge in [-0.25, -0.2) is 9.97 Å². The van der Waals surface area contributed by atoms with Crippen molar-refractivity contribution in [3.63, 3.8) is 0 Å². The van der Waals surface area contributed by atoms with E-state index in [0.717, 1.165) is 35.5 Å². The first-order valence-electron chi connectivity index (χ1n) is 11.5. The summed E-state index contributed by atoms with van der Waals surface area (Å²) < 4.78 is 5.32. The van der Waals surface area contributed by atoms with E-state index in [1.165, 1.54) is 11.8 Å². The van der Waals surface area contributed by atoms with Crippen LogP contribution in [0, 0.1) is 13.8 Å². The van der Waals surface area contributed by atoms with Crippen LogP contribution in [0.5, 0.6) is 0 Å². The van der Waals surface area contributed by atoms with Crippen LogP contribution in [-0.2, 0) is 15.3 Å². The molecule has 3 heterocycles. The molecule has 0 saturated carbocycles. The lowest BCUT2D eigenvalue weighted by atomic mass is 10.1. The summed E-state index contributed by atoms with van der Waals surface area (Å²) in [7, 11) is 0. The van der Waals surface area contributed by atoms with Crippen molar-refractivity contribution in [2.24, 2.45) is 0 Å². The topological polar surface area (TPSA) is 96.4 Å². The van der Waals surface area contributed by atoms with Crippen molar-refractivity contribution in [3.05, 3.63) is 77.1 Å². The van der Waals surface area contributed by atoms with Crippen molar-refractivity contribution in [2.45, 2.75) is 24.6 Å². The van der Waals surface area contributed by atoms with Gasteiger partial charge in [-0.15, -0.1) is 11.8 Å². The minimum Gasteiger partial charge on any atom is -0.379 e. The molecular formula is C26H29N5O3S. The molecule has 0 radical (unpaired) electrons. The third-order valence-electron chi connectivity index (χ3n) is 5.43. The Hall–Kier alpha value is -3.27. The Morgan fingerprint density at radius 1 is 1.00 bits per heavy atom. The Bertz CT molecular complexity index is 1180. The third kappa shape index (κ3) is 7.35. The molecule has 1 aliphatic heterocycles. The van der Waals surface area contributed by atoms with Crippen LogP contribution >= 0.6 is 11.8 Å². The highest BCUT2D eigenvalue weighted by molar-refractivity contribution is 7.98. The van der Waals surface area contributed by atoms with Crippen LogP contribution in [0.15, 0.2) is 59.9 Å². The predicted octanol–water partition coefficient (Wildman–Crippen LogP) is 3.91. The quantitative estimate of drug-likeness (QED) is 0.461. The number of nitrogens with zero attached hydrogens (tertiary/aromatic N) is 3. The second-order valence-corrected chi connectivity index (χ2v) is 9.43. The number of rotatable bonds is 8. The van der Waals surface area contributed by atoms with E-state index in [-0.39, 0.29) is 11.8 Å². The lowest BCUT2D eigenvalue weighted by molar-refractivity contribution is -0.118. The fourth-order valence-corrected chi connectivity index (χ4v) is 4.79. The standard InChI is InChI=1S/C26H29N5O3S/c1-18-12-19(2)14-21(13-18)29-25(33)22-4-3-6-28-26(22)35-17-20-5-7-27-23(15-20)30-24(32)16-31-8-10-34-11-9-31/h3-7,12-15H,8-11,16-17H2,1-2H3,(H,29,33)(H,27,30,32). The number of amides is 2. The van der Waals surface area contributed by atoms with Gasteiger partial charge in [-0.2, -0.15) is 0 Å². The van der Waals surface area contributed by atoms with Crippen LogP contribution in [0.1, 0.15) is 27.0 Å². The van der Waals surface area contributed by atoms with Gasteiger partial charge in [-0.05, 0) is 66.9 Å². The molecule has 1 saturated heterocycles. The van der Waals surface area contributed by atoms with E-state index in [9.17, 15) is 9.59 Å². The number of pyridine rings is 2. The van der Waals surface area contributed by atoms with Gasteiger partial charge in [0.15, 0.2) is 0 Å². The molecule has 0 spiro atoms. The van der Waals surface area contributed by atoms with Crippen molar-refractivity contribution in [3.8, 4) is 0 Å². The molecule has 8 nitrogen and oxygen atoms in total. The maximum absolute atomic E-state index is 13.0. The highest BCUT2D eigenvalue weighted by atomic mass is 32.2. The van der Waals surface area contributed by atoms with Crippen LogP contribution in [-0.4, -0.2) is 59.5 Å². The minimum atomic E-state index is -0.198. The number of carbonyl (C=O) groups is 2. The molecule has 9 heteroatoms. The molecule has 3 aromatic rings. The number of benzene rings is 1. The van der Waals surface area contributed by atoms with Crippen LogP contribution in [0.4, 0.5) is 11.5 Å². The van der Waals surface area contributed by atoms with E-state index in [0.29, 0.717) is 41.9 Å². The summed E-state index contributed by atoms with van der Waals surface area (Å²) >= 11 is 1.47. The van der Waals surface area contributed by atoms with E-state index < -0.39 is 0 Å². The second kappa shape index (κ2) is 11.9. The van der Waals surface area contributed by atoms with Crippen molar-refractivity contribution >= 4 is 35.1 Å². The van der Waals surface area contributed by atoms with Gasteiger partial charge < -0.3 is 15.4 Å². The molecule has 1 aromatic carbocycles. The van der Waals surface area contributed by atoms with Crippen LogP contribution in [0.2, 0.25) is 0 Å². The van der Waals surface area contributed by atoms with Gasteiger partial charge in [-0.3, -0.25) is 14.5 Å². The SMILES string of the molecule is Cc1cc(C)cc(NC(=O)c2cccnc2SCc2ccnc(NC(=O)CN3CCOCC3)c2)c1. The molecule has 2 aromatic heterocycles. The average molecular weight is 492 g/mol. The number of aryl methyl sites for hydroxylation is 2. The highest BCUT2D eigenvalue weighted by Crippen LogP contribution is 2.26. The Labute approximate surface area is 209 Å². The molecule has 2 amide bonds. The first-order valence-corrected chi connectivity index (χ1v) is 12.5. The first-order chi connectivity index (χ1) is 17.0. The summed E-state index contributed by atoms with van der Waals surface area (Å²) in [4.78, 5) is 36.1. The zero-order valence-electron chi connectivity index (χ0n) is 19.9. The van der Waals surface area contributed by atoms with Crippen molar-refractivity contribution in [2.75, 3.05) is 43.5 Å². The number of ether oxygens (including phenoxy) is 1. The highest BCUT2D eigenvalue weighted by Gasteiger charge is 2.16. The Kier molecular flexibility index (Phi) is 8.46. The molecule has 182 valence electrons. The number of nitrogens with one attached hydrogen (secondary N) is 2. The van der Waals surface area contributed by atoms with Gasteiger partial charge in [0.05, 0.1) is 25.3 Å². The summed E-state index contributed by atoms with van der Waals surface area (Å²) in [5, 5.41) is 6.50. The number of aromatic nitrogens is 2. The third-order valence-corrected chi connectivity index (χ3v) is 6.51. The maximum Gasteiger partial charge on any atom is 0.258 e. The van der Waals surface area contributed by atoms with E-state index in [1.54, 1.807) is 24.5 Å². The molecule has 0 bridgehead atoms. The summed E-state index contributed by atoms with van der Waals surface area (Å²) in [6.07, 6.45) is 3.35. The second-order valence-electron chi connectivity index (χ2n) is 8.46. The lowest BCUT2D eigenvalue weighted by Gasteiger charge is -2.25. The summed E-state index contributed by atoms with van der Waals surface area (Å²) in [6, 6.07) is 13.2. The number of hydrogen-bond donors (Lipinski definition) is 2. The molecule has 0 atom stereocenters. The average Bonchev–Trinajstić information content (AvgIpc) is 2.83. The van der Waals surface area contributed by atoms with E-state index >= 15 is 0 Å². The smallest absolute Gasteiger partial charge is 0.258 e. The first kappa shape index (κ1) is 24.8. The number of morpholine rings is 1. The van der Waals surface area contributed by atoms with E-state index in [4.69, 9.17) is 4.74 Å². The number of carbonyl (C=O) groups excluding carboxylic acids is 2. The molecule has 1 fully saturated rings. The Morgan fingerprint density at radius 3 is 2.54 bits per heavy atom. The number of thioether (sulfide) groups is 1. The molecule has 35 heavy (non-hydrogen) atoms. The van der Waals surface area contributed by atoms with E-state index in [1.807, 2.05) is 38.1 Å². The molecule has 1 aliphatic rings. The van der Waals surface area contributed by atoms with E-state index in [2.05, 4.69) is 31.6 Å². The van der Waals surface area contributed by atoms with Gasteiger partial charge >= 0.3 is 0 Å². The Balaban J connectivity index is 1.37. The minimum absolute atomic E-state index is 0.0979. The zero-order valence-corrected chi connectivity index (χ0v) is 20.7. The maximum atomic E-state index is 13.0. The normalized spacial score (nSPS) is 13.9. The largest absolute Gasteiger partial charge is 0.379 e. The van der Waals surface area contributed by atoms with Gasteiger partial charge in [0.1, 0.15) is 10.8 Å². The zero-order chi connectivity index (χ0) is 24.6. The van der Waals surface area contributed by atoms with Gasteiger partial charge in [-0.1, -0.05) is 6.07 Å². The molecule has 4 rings (SSSR count). The van der Waals surface area contributed by atoms with Crippen LogP contribution < -0.4 is 10.6 Å². The van der Waals surface area contributed by atoms with Crippen LogP contribution in [0.25, 0.3) is 0 Å². The van der Waals surface area contributed by atoms with Crippen molar-refractivity contribution in [1.82, 2.24) is 14.9 Å². The van der Waals surface area contributed by atoms with Gasteiger partial charge in [0, 0.05) is 36.9 Å². The van der Waals surface area contributed by atoms with Crippen LogP contribution in [0.3, 0.4) is 0 Å².